The summed E-state index contributed by atoms with van der Waals surface area (Å²) in [6.07, 6.45) is 3.35. The van der Waals surface area contributed by atoms with Crippen LogP contribution in [0.2, 0.25) is 0 Å². The molecule has 0 bridgehead atoms. The zero-order valence-electron chi connectivity index (χ0n) is 14.5. The van der Waals surface area contributed by atoms with Gasteiger partial charge in [0.05, 0.1) is 29.8 Å². The molecule has 138 valence electrons. The number of nitrogens with zero attached hydrogens (tertiary/aromatic N) is 2. The first-order valence-electron chi connectivity index (χ1n) is 8.38. The van der Waals surface area contributed by atoms with Crippen molar-refractivity contribution in [2.24, 2.45) is 0 Å². The van der Waals surface area contributed by atoms with Crippen molar-refractivity contribution in [3.63, 3.8) is 0 Å². The van der Waals surface area contributed by atoms with Crippen LogP contribution in [0.1, 0.15) is 28.9 Å². The molecule has 7 nitrogen and oxygen atoms in total. The molecular formula is C18H21N3O4S. The third-order valence-electron chi connectivity index (χ3n) is 4.27. The van der Waals surface area contributed by atoms with E-state index in [1.165, 1.54) is 29.6 Å². The Morgan fingerprint density at radius 1 is 1.23 bits per heavy atom. The highest BCUT2D eigenvalue weighted by Crippen LogP contribution is 2.26. The molecule has 2 aromatic rings. The van der Waals surface area contributed by atoms with Gasteiger partial charge in [0.15, 0.2) is 0 Å². The number of hydrogen-bond acceptors (Lipinski definition) is 5. The van der Waals surface area contributed by atoms with Gasteiger partial charge in [0.25, 0.3) is 5.91 Å². The van der Waals surface area contributed by atoms with Gasteiger partial charge in [-0.05, 0) is 43.2 Å². The van der Waals surface area contributed by atoms with E-state index in [4.69, 9.17) is 4.74 Å². The first-order chi connectivity index (χ1) is 12.5. The number of pyridine rings is 1. The maximum Gasteiger partial charge on any atom is 0.255 e. The molecule has 0 aliphatic carbocycles. The molecule has 8 heteroatoms. The van der Waals surface area contributed by atoms with Gasteiger partial charge in [-0.25, -0.2) is 8.42 Å². The number of carbonyl (C=O) groups excluding carboxylic acids is 1. The largest absolute Gasteiger partial charge is 0.496 e. The van der Waals surface area contributed by atoms with E-state index in [2.05, 4.69) is 10.3 Å². The van der Waals surface area contributed by atoms with E-state index >= 15 is 0 Å². The van der Waals surface area contributed by atoms with Crippen LogP contribution < -0.4 is 10.1 Å². The fraction of sp³-hybridized carbons (Fsp3) is 0.333. The van der Waals surface area contributed by atoms with Gasteiger partial charge in [0.2, 0.25) is 10.0 Å². The Balaban J connectivity index is 1.84. The number of hydrogen-bond donors (Lipinski definition) is 1. The lowest BCUT2D eigenvalue weighted by atomic mass is 10.2. The smallest absolute Gasteiger partial charge is 0.255 e. The van der Waals surface area contributed by atoms with Crippen molar-refractivity contribution in [1.29, 1.82) is 0 Å². The highest BCUT2D eigenvalue weighted by molar-refractivity contribution is 7.89. The zero-order chi connectivity index (χ0) is 18.6. The number of amides is 1. The molecule has 0 radical (unpaired) electrons. The average molecular weight is 375 g/mol. The first kappa shape index (κ1) is 18.3. The fourth-order valence-electron chi connectivity index (χ4n) is 2.87. The minimum Gasteiger partial charge on any atom is -0.496 e. The molecule has 0 saturated carbocycles. The molecule has 0 atom stereocenters. The van der Waals surface area contributed by atoms with Crippen LogP contribution in [0, 0.1) is 0 Å². The van der Waals surface area contributed by atoms with Gasteiger partial charge in [-0.15, -0.1) is 0 Å². The minimum atomic E-state index is -3.60. The summed E-state index contributed by atoms with van der Waals surface area (Å²) in [5, 5.41) is 2.75. The molecule has 2 heterocycles. The molecule has 26 heavy (non-hydrogen) atoms. The van der Waals surface area contributed by atoms with Crippen molar-refractivity contribution in [2.75, 3.05) is 20.2 Å². The fourth-order valence-corrected chi connectivity index (χ4v) is 4.42. The Bertz CT molecular complexity index is 879. The molecule has 1 saturated heterocycles. The van der Waals surface area contributed by atoms with Crippen molar-refractivity contribution in [3.8, 4) is 5.75 Å². The summed E-state index contributed by atoms with van der Waals surface area (Å²) in [6, 6.07) is 9.78. The minimum absolute atomic E-state index is 0.100. The van der Waals surface area contributed by atoms with Crippen molar-refractivity contribution in [3.05, 3.63) is 53.9 Å². The molecule has 1 fully saturated rings. The third-order valence-corrected chi connectivity index (χ3v) is 6.17. The maximum absolute atomic E-state index is 12.7. The summed E-state index contributed by atoms with van der Waals surface area (Å²) in [6.45, 7) is 1.26. The van der Waals surface area contributed by atoms with Gasteiger partial charge in [-0.2, -0.15) is 4.31 Å². The number of benzene rings is 1. The van der Waals surface area contributed by atoms with Crippen molar-refractivity contribution >= 4 is 15.9 Å². The predicted molar refractivity (Wildman–Crippen MR) is 96.4 cm³/mol. The molecule has 1 aliphatic heterocycles. The van der Waals surface area contributed by atoms with E-state index < -0.39 is 15.9 Å². The molecule has 1 aromatic carbocycles. The van der Waals surface area contributed by atoms with Crippen LogP contribution in [0.15, 0.2) is 47.5 Å². The lowest BCUT2D eigenvalue weighted by Crippen LogP contribution is -2.29. The van der Waals surface area contributed by atoms with Crippen LogP contribution in [0.3, 0.4) is 0 Å². The number of sulfonamides is 1. The Morgan fingerprint density at radius 3 is 2.65 bits per heavy atom. The Kier molecular flexibility index (Phi) is 5.53. The SMILES string of the molecule is COc1ccc(S(=O)(=O)N2CCCC2)cc1C(=O)NCc1ccccn1. The normalized spacial score (nSPS) is 15.0. The molecule has 0 unspecified atom stereocenters. The number of aromatic nitrogens is 1. The van der Waals surface area contributed by atoms with Gasteiger partial charge in [-0.1, -0.05) is 6.07 Å². The lowest BCUT2D eigenvalue weighted by molar-refractivity contribution is 0.0947. The molecule has 1 aliphatic rings. The highest BCUT2D eigenvalue weighted by atomic mass is 32.2. The van der Waals surface area contributed by atoms with Crippen LogP contribution in [0.4, 0.5) is 0 Å². The number of ether oxygens (including phenoxy) is 1. The second-order valence-corrected chi connectivity index (χ2v) is 7.91. The first-order valence-corrected chi connectivity index (χ1v) is 9.82. The zero-order valence-corrected chi connectivity index (χ0v) is 15.3. The maximum atomic E-state index is 12.7. The monoisotopic (exact) mass is 375 g/mol. The molecule has 1 N–H and O–H groups in total. The molecular weight excluding hydrogens is 354 g/mol. The van der Waals surface area contributed by atoms with E-state index in [1.54, 1.807) is 18.3 Å². The molecule has 1 amide bonds. The topological polar surface area (TPSA) is 88.6 Å². The summed E-state index contributed by atoms with van der Waals surface area (Å²) in [5.74, 6) is -0.0881. The van der Waals surface area contributed by atoms with E-state index in [1.807, 2.05) is 6.07 Å². The van der Waals surface area contributed by atoms with Crippen LogP contribution in [-0.4, -0.2) is 43.8 Å². The van der Waals surface area contributed by atoms with E-state index in [9.17, 15) is 13.2 Å². The van der Waals surface area contributed by atoms with Crippen LogP contribution in [0.25, 0.3) is 0 Å². The van der Waals surface area contributed by atoms with E-state index in [-0.39, 0.29) is 17.0 Å². The number of nitrogens with one attached hydrogen (secondary N) is 1. The quantitative estimate of drug-likeness (QED) is 0.832. The van der Waals surface area contributed by atoms with Gasteiger partial charge >= 0.3 is 0 Å². The number of methoxy groups -OCH3 is 1. The van der Waals surface area contributed by atoms with Gasteiger partial charge < -0.3 is 10.1 Å². The highest BCUT2D eigenvalue weighted by Gasteiger charge is 2.28. The summed E-state index contributed by atoms with van der Waals surface area (Å²) in [7, 11) is -2.16. The van der Waals surface area contributed by atoms with Gasteiger partial charge in [-0.3, -0.25) is 9.78 Å². The second-order valence-electron chi connectivity index (χ2n) is 5.98. The summed E-state index contributed by atoms with van der Waals surface area (Å²) >= 11 is 0. The van der Waals surface area contributed by atoms with Crippen LogP contribution in [0.5, 0.6) is 5.75 Å². The number of carbonyl (C=O) groups is 1. The van der Waals surface area contributed by atoms with E-state index in [0.717, 1.165) is 12.8 Å². The van der Waals surface area contributed by atoms with Crippen molar-refractivity contribution in [1.82, 2.24) is 14.6 Å². The molecule has 0 spiro atoms. The third kappa shape index (κ3) is 3.86. The van der Waals surface area contributed by atoms with Crippen molar-refractivity contribution in [2.45, 2.75) is 24.3 Å². The van der Waals surface area contributed by atoms with Crippen molar-refractivity contribution < 1.29 is 17.9 Å². The Morgan fingerprint density at radius 2 is 2.00 bits per heavy atom. The lowest BCUT2D eigenvalue weighted by Gasteiger charge is -2.17. The average Bonchev–Trinajstić information content (AvgIpc) is 3.22. The van der Waals surface area contributed by atoms with Gasteiger partial charge in [0.1, 0.15) is 5.75 Å². The molecule has 3 rings (SSSR count). The summed E-state index contributed by atoms with van der Waals surface area (Å²) in [5.41, 5.74) is 0.893. The van der Waals surface area contributed by atoms with Gasteiger partial charge in [0, 0.05) is 19.3 Å². The Hall–Kier alpha value is -2.45. The summed E-state index contributed by atoms with van der Waals surface area (Å²) < 4.78 is 32.1. The second kappa shape index (κ2) is 7.84. The predicted octanol–water partition coefficient (Wildman–Crippen LogP) is 1.80. The number of rotatable bonds is 6. The van der Waals surface area contributed by atoms with E-state index in [0.29, 0.717) is 24.5 Å². The molecule has 1 aromatic heterocycles. The van der Waals surface area contributed by atoms with Crippen LogP contribution >= 0.6 is 0 Å². The summed E-state index contributed by atoms with van der Waals surface area (Å²) in [4.78, 5) is 16.8. The van der Waals surface area contributed by atoms with Crippen LogP contribution in [-0.2, 0) is 16.6 Å². The standard InChI is InChI=1S/C18H21N3O4S/c1-25-17-8-7-15(26(23,24)21-10-4-5-11-21)12-16(17)18(22)20-13-14-6-2-3-9-19-14/h2-3,6-9,12H,4-5,10-11,13H2,1H3,(H,20,22). The Labute approximate surface area is 153 Å².